The third-order valence-corrected chi connectivity index (χ3v) is 4.84. The predicted octanol–water partition coefficient (Wildman–Crippen LogP) is -3.23. The van der Waals surface area contributed by atoms with Crippen molar-refractivity contribution in [2.24, 2.45) is 50.9 Å². The lowest BCUT2D eigenvalue weighted by molar-refractivity contribution is -0.141. The Balaban J connectivity index is -0.000000230. The maximum Gasteiger partial charge on any atom is 0.320 e. The van der Waals surface area contributed by atoms with Gasteiger partial charge in [-0.05, 0) is 58.0 Å². The number of carboxylic acid groups (broad SMARTS) is 5. The quantitative estimate of drug-likeness (QED) is 0.0386. The van der Waals surface area contributed by atoms with Gasteiger partial charge in [0, 0.05) is 13.0 Å². The minimum atomic E-state index is -1.17. The van der Waals surface area contributed by atoms with Crippen molar-refractivity contribution in [3.63, 3.8) is 0 Å². The number of hydrogen-bond donors (Lipinski definition) is 13. The molecule has 4 atom stereocenters. The van der Waals surface area contributed by atoms with Crippen LogP contribution in [0, 0.1) is 0 Å². The van der Waals surface area contributed by atoms with Gasteiger partial charge in [0.1, 0.15) is 24.2 Å². The van der Waals surface area contributed by atoms with E-state index in [2.05, 4.69) is 4.99 Å². The molecule has 0 unspecified atom stereocenters. The van der Waals surface area contributed by atoms with Crippen molar-refractivity contribution in [1.82, 2.24) is 0 Å². The highest BCUT2D eigenvalue weighted by atomic mass is 16.4. The highest BCUT2D eigenvalue weighted by Crippen LogP contribution is 1.98. The van der Waals surface area contributed by atoms with E-state index >= 15 is 0 Å². The van der Waals surface area contributed by atoms with Crippen molar-refractivity contribution in [2.45, 2.75) is 88.4 Å². The zero-order valence-electron chi connectivity index (χ0n) is 23.8. The Bertz CT molecular complexity index is 758. The van der Waals surface area contributed by atoms with Crippen LogP contribution < -0.4 is 45.9 Å². The summed E-state index contributed by atoms with van der Waals surface area (Å²) in [6, 6.07) is -3.31. The number of guanidine groups is 1. The van der Waals surface area contributed by atoms with Gasteiger partial charge in [-0.2, -0.15) is 0 Å². The average Bonchev–Trinajstić information content (AvgIpc) is 2.90. The van der Waals surface area contributed by atoms with Crippen molar-refractivity contribution >= 4 is 35.8 Å². The lowest BCUT2D eigenvalue weighted by atomic mass is 10.1. The molecule has 42 heavy (non-hydrogen) atoms. The van der Waals surface area contributed by atoms with Crippen molar-refractivity contribution in [3.05, 3.63) is 0 Å². The summed E-state index contributed by atoms with van der Waals surface area (Å²) in [5.74, 6) is -5.05. The molecule has 21 N–H and O–H groups in total. The fourth-order valence-corrected chi connectivity index (χ4v) is 2.31. The third kappa shape index (κ3) is 38.5. The number of aliphatic imine (C=N–C) groups is 1. The molecule has 0 spiro atoms. The normalized spacial score (nSPS) is 12.6. The second kappa shape index (κ2) is 30.3. The Morgan fingerprint density at radius 1 is 0.524 bits per heavy atom. The number of aliphatic carboxylic acids is 5. The SMILES string of the molecule is NC(N)=NCCC[C@H](N)C(=O)O.NCCCC[C@H](N)C(=O)O.NCCCC[C@H](N)C(=O)O.N[C@H](CCC(=O)O)C(=O)O. The van der Waals surface area contributed by atoms with Crippen molar-refractivity contribution in [1.29, 1.82) is 0 Å². The van der Waals surface area contributed by atoms with E-state index in [1.807, 2.05) is 0 Å². The summed E-state index contributed by atoms with van der Waals surface area (Å²) >= 11 is 0. The molecule has 0 aromatic carbocycles. The first-order valence-corrected chi connectivity index (χ1v) is 13.0. The molecule has 0 heterocycles. The van der Waals surface area contributed by atoms with Crippen LogP contribution in [0.3, 0.4) is 0 Å². The van der Waals surface area contributed by atoms with Gasteiger partial charge in [-0.15, -0.1) is 0 Å². The van der Waals surface area contributed by atoms with E-state index in [1.54, 1.807) is 0 Å². The molecule has 0 aliphatic rings. The number of unbranched alkanes of at least 4 members (excludes halogenated alkanes) is 2. The maximum atomic E-state index is 10.2. The lowest BCUT2D eigenvalue weighted by Crippen LogP contribution is -2.30. The Morgan fingerprint density at radius 3 is 1.10 bits per heavy atom. The predicted molar refractivity (Wildman–Crippen MR) is 155 cm³/mol. The van der Waals surface area contributed by atoms with Gasteiger partial charge in [0.2, 0.25) is 0 Å². The van der Waals surface area contributed by atoms with E-state index in [9.17, 15) is 24.0 Å². The van der Waals surface area contributed by atoms with E-state index in [-0.39, 0.29) is 18.8 Å². The Morgan fingerprint density at radius 2 is 0.833 bits per heavy atom. The molecule has 0 aromatic heterocycles. The van der Waals surface area contributed by atoms with Crippen LogP contribution in [0.4, 0.5) is 0 Å². The highest BCUT2D eigenvalue weighted by Gasteiger charge is 2.12. The average molecular weight is 614 g/mol. The first-order chi connectivity index (χ1) is 19.4. The molecule has 0 saturated carbocycles. The van der Waals surface area contributed by atoms with E-state index in [1.165, 1.54) is 0 Å². The first-order valence-electron chi connectivity index (χ1n) is 13.0. The van der Waals surface area contributed by atoms with E-state index in [4.69, 9.17) is 71.4 Å². The van der Waals surface area contributed by atoms with E-state index in [0.29, 0.717) is 45.3 Å². The second-order valence-electron chi connectivity index (χ2n) is 8.73. The molecule has 0 aromatic rings. The van der Waals surface area contributed by atoms with Gasteiger partial charge in [-0.3, -0.25) is 29.0 Å². The summed E-state index contributed by atoms with van der Waals surface area (Å²) in [6.45, 7) is 1.63. The number of nitrogens with two attached hydrogens (primary N) is 8. The van der Waals surface area contributed by atoms with Crippen LogP contribution in [0.5, 0.6) is 0 Å². The highest BCUT2D eigenvalue weighted by molar-refractivity contribution is 5.76. The smallest absolute Gasteiger partial charge is 0.320 e. The second-order valence-corrected chi connectivity index (χ2v) is 8.73. The number of carbonyl (C=O) groups is 5. The van der Waals surface area contributed by atoms with Gasteiger partial charge >= 0.3 is 29.8 Å². The van der Waals surface area contributed by atoms with Crippen molar-refractivity contribution in [2.75, 3.05) is 19.6 Å². The minimum absolute atomic E-state index is 0.0129. The molecule has 19 nitrogen and oxygen atoms in total. The number of hydrogen-bond acceptors (Lipinski definition) is 12. The summed E-state index contributed by atoms with van der Waals surface area (Å²) in [6.07, 6.45) is 5.06. The number of nitrogens with zero attached hydrogens (tertiary/aromatic N) is 1. The largest absolute Gasteiger partial charge is 0.481 e. The monoisotopic (exact) mass is 613 g/mol. The molecule has 0 radical (unpaired) electrons. The Kier molecular flexibility index (Phi) is 32.8. The zero-order valence-corrected chi connectivity index (χ0v) is 23.8. The number of carboxylic acids is 5. The van der Waals surface area contributed by atoms with Gasteiger partial charge in [0.25, 0.3) is 0 Å². The lowest BCUT2D eigenvalue weighted by Gasteiger charge is -2.03. The Hall–Kier alpha value is -3.62. The van der Waals surface area contributed by atoms with E-state index < -0.39 is 54.0 Å². The molecule has 0 rings (SSSR count). The summed E-state index contributed by atoms with van der Waals surface area (Å²) in [7, 11) is 0. The summed E-state index contributed by atoms with van der Waals surface area (Å²) in [5.41, 5.74) is 41.2. The minimum Gasteiger partial charge on any atom is -0.481 e. The molecule has 0 fully saturated rings. The summed E-state index contributed by atoms with van der Waals surface area (Å²) in [4.78, 5) is 54.0. The molecule has 19 heteroatoms. The summed E-state index contributed by atoms with van der Waals surface area (Å²) < 4.78 is 0. The van der Waals surface area contributed by atoms with Crippen LogP contribution in [-0.2, 0) is 24.0 Å². The first kappa shape index (κ1) is 45.4. The third-order valence-electron chi connectivity index (χ3n) is 4.84. The molecular weight excluding hydrogens is 562 g/mol. The van der Waals surface area contributed by atoms with Crippen LogP contribution >= 0.6 is 0 Å². The molecule has 0 amide bonds. The van der Waals surface area contributed by atoms with Gasteiger partial charge in [0.15, 0.2) is 5.96 Å². The van der Waals surface area contributed by atoms with Gasteiger partial charge in [-0.25, -0.2) is 0 Å². The van der Waals surface area contributed by atoms with Gasteiger partial charge in [0.05, 0.1) is 0 Å². The van der Waals surface area contributed by atoms with Crippen LogP contribution in [0.25, 0.3) is 0 Å². The van der Waals surface area contributed by atoms with Gasteiger partial charge in [-0.1, -0.05) is 12.8 Å². The molecular formula is C23H51N9O10. The van der Waals surface area contributed by atoms with E-state index in [0.717, 1.165) is 25.7 Å². The Labute approximate surface area is 244 Å². The van der Waals surface area contributed by atoms with Crippen LogP contribution in [0.2, 0.25) is 0 Å². The molecule has 0 aliphatic heterocycles. The van der Waals surface area contributed by atoms with Crippen molar-refractivity contribution in [3.8, 4) is 0 Å². The maximum absolute atomic E-state index is 10.2. The van der Waals surface area contributed by atoms with Gasteiger partial charge < -0.3 is 71.4 Å². The summed E-state index contributed by atoms with van der Waals surface area (Å²) in [5, 5.41) is 41.3. The van der Waals surface area contributed by atoms with Crippen LogP contribution in [-0.4, -0.2) is 105 Å². The molecule has 0 aliphatic carbocycles. The molecule has 0 saturated heterocycles. The molecule has 248 valence electrons. The number of rotatable bonds is 19. The molecule has 0 bridgehead atoms. The van der Waals surface area contributed by atoms with Crippen LogP contribution in [0.15, 0.2) is 4.99 Å². The van der Waals surface area contributed by atoms with Crippen molar-refractivity contribution < 1.29 is 49.5 Å². The zero-order chi connectivity index (χ0) is 33.7. The van der Waals surface area contributed by atoms with Crippen LogP contribution in [0.1, 0.15) is 64.2 Å². The fourth-order valence-electron chi connectivity index (χ4n) is 2.31. The fraction of sp³-hybridized carbons (Fsp3) is 0.739. The topological polar surface area (TPSA) is 407 Å². The standard InChI is InChI=1S/C6H14N4O2.2C6H14N2O2.C5H9NO4/c7-4(5(11)12)2-1-3-10-6(8)9;2*7-4-2-1-3-5(8)6(9)10;6-3(5(9)10)1-2-4(7)8/h4H,1-3,7H2,(H,11,12)(H4,8,9,10);2*5H,1-4,7-8H2,(H,9,10);3H,1-2,6H2,(H,7,8)(H,9,10)/t4-;2*5-;3-/m0001/s1.